The topological polar surface area (TPSA) is 51.5 Å². The van der Waals surface area contributed by atoms with Crippen LogP contribution in [0.25, 0.3) is 10.9 Å². The summed E-state index contributed by atoms with van der Waals surface area (Å²) in [6.45, 7) is 5.98. The molecule has 4 nitrogen and oxygen atoms in total. The van der Waals surface area contributed by atoms with Crippen molar-refractivity contribution >= 4 is 16.9 Å². The summed E-state index contributed by atoms with van der Waals surface area (Å²) in [5.41, 5.74) is 2.18. The van der Waals surface area contributed by atoms with Crippen LogP contribution in [0.3, 0.4) is 0 Å². The first-order chi connectivity index (χ1) is 9.43. The molecule has 0 aliphatic carbocycles. The highest BCUT2D eigenvalue weighted by Crippen LogP contribution is 2.29. The number of aromatic nitrogens is 1. The van der Waals surface area contributed by atoms with Crippen LogP contribution in [0.15, 0.2) is 24.4 Å². The van der Waals surface area contributed by atoms with Crippen LogP contribution in [0.5, 0.6) is 5.75 Å². The number of aliphatic carboxylic acids is 1. The summed E-state index contributed by atoms with van der Waals surface area (Å²) >= 11 is 0. The Bertz CT molecular complexity index is 628. The second-order valence-electron chi connectivity index (χ2n) is 5.48. The van der Waals surface area contributed by atoms with Crippen LogP contribution in [0, 0.1) is 5.92 Å². The van der Waals surface area contributed by atoms with Crippen LogP contribution in [-0.2, 0) is 11.2 Å². The van der Waals surface area contributed by atoms with E-state index in [1.54, 1.807) is 14.0 Å². The molecule has 0 bridgehead atoms. The van der Waals surface area contributed by atoms with Crippen molar-refractivity contribution in [3.63, 3.8) is 0 Å². The predicted molar refractivity (Wildman–Crippen MR) is 79.4 cm³/mol. The fourth-order valence-electron chi connectivity index (χ4n) is 2.44. The molecular formula is C16H21NO3. The Hall–Kier alpha value is -1.97. The standard InChI is InChI=1S/C16H21NO3/c1-10(2)17-9-12(7-11(3)16(18)19)14-8-13(20-4)5-6-15(14)17/h5-6,8-11H,7H2,1-4H3,(H,18,19). The number of carboxylic acids is 1. The van der Waals surface area contributed by atoms with Gasteiger partial charge in [0.2, 0.25) is 0 Å². The Morgan fingerprint density at radius 1 is 1.35 bits per heavy atom. The Labute approximate surface area is 119 Å². The molecule has 1 unspecified atom stereocenters. The van der Waals surface area contributed by atoms with Gasteiger partial charge in [-0.05, 0) is 44.0 Å². The van der Waals surface area contributed by atoms with Crippen LogP contribution in [0.4, 0.5) is 0 Å². The molecule has 2 rings (SSSR count). The van der Waals surface area contributed by atoms with Gasteiger partial charge in [0.05, 0.1) is 13.0 Å². The van der Waals surface area contributed by atoms with Gasteiger partial charge in [0.25, 0.3) is 0 Å². The van der Waals surface area contributed by atoms with Gasteiger partial charge in [-0.2, -0.15) is 0 Å². The van der Waals surface area contributed by atoms with E-state index in [2.05, 4.69) is 24.6 Å². The number of carboxylic acid groups (broad SMARTS) is 1. The second kappa shape index (κ2) is 5.57. The quantitative estimate of drug-likeness (QED) is 0.908. The summed E-state index contributed by atoms with van der Waals surface area (Å²) < 4.78 is 7.45. The zero-order valence-electron chi connectivity index (χ0n) is 12.4. The summed E-state index contributed by atoms with van der Waals surface area (Å²) in [6, 6.07) is 6.28. The van der Waals surface area contributed by atoms with Crippen molar-refractivity contribution in [1.29, 1.82) is 0 Å². The molecule has 0 aliphatic rings. The summed E-state index contributed by atoms with van der Waals surface area (Å²) in [5.74, 6) is -0.367. The normalized spacial score (nSPS) is 12.8. The van der Waals surface area contributed by atoms with Gasteiger partial charge in [0, 0.05) is 23.1 Å². The number of hydrogen-bond acceptors (Lipinski definition) is 2. The molecule has 20 heavy (non-hydrogen) atoms. The van der Waals surface area contributed by atoms with Gasteiger partial charge in [0.1, 0.15) is 5.75 Å². The minimum absolute atomic E-state index is 0.333. The van der Waals surface area contributed by atoms with Crippen molar-refractivity contribution in [3.8, 4) is 5.75 Å². The lowest BCUT2D eigenvalue weighted by Crippen LogP contribution is -2.12. The first-order valence-electron chi connectivity index (χ1n) is 6.84. The minimum Gasteiger partial charge on any atom is -0.497 e. The van der Waals surface area contributed by atoms with Crippen molar-refractivity contribution < 1.29 is 14.6 Å². The molecule has 0 saturated carbocycles. The lowest BCUT2D eigenvalue weighted by molar-refractivity contribution is -0.141. The van der Waals surface area contributed by atoms with Crippen LogP contribution in [0.2, 0.25) is 0 Å². The third-order valence-corrected chi connectivity index (χ3v) is 3.63. The first-order valence-corrected chi connectivity index (χ1v) is 6.84. The maximum Gasteiger partial charge on any atom is 0.306 e. The first kappa shape index (κ1) is 14.4. The monoisotopic (exact) mass is 275 g/mol. The molecule has 1 heterocycles. The molecule has 2 aromatic rings. The molecule has 4 heteroatoms. The smallest absolute Gasteiger partial charge is 0.306 e. The van der Waals surface area contributed by atoms with E-state index in [9.17, 15) is 4.79 Å². The molecule has 1 N–H and O–H groups in total. The summed E-state index contributed by atoms with van der Waals surface area (Å²) in [7, 11) is 1.64. The number of nitrogens with zero attached hydrogens (tertiary/aromatic N) is 1. The van der Waals surface area contributed by atoms with Crippen molar-refractivity contribution in [2.75, 3.05) is 7.11 Å². The lowest BCUT2D eigenvalue weighted by Gasteiger charge is -2.09. The Morgan fingerprint density at radius 3 is 2.60 bits per heavy atom. The summed E-state index contributed by atoms with van der Waals surface area (Å²) in [6.07, 6.45) is 2.59. The maximum absolute atomic E-state index is 11.1. The molecule has 0 fully saturated rings. The Kier molecular flexibility index (Phi) is 4.02. The number of rotatable bonds is 5. The third kappa shape index (κ3) is 2.64. The van der Waals surface area contributed by atoms with Crippen molar-refractivity contribution in [2.24, 2.45) is 5.92 Å². The van der Waals surface area contributed by atoms with Crippen LogP contribution in [-0.4, -0.2) is 22.8 Å². The van der Waals surface area contributed by atoms with Crippen molar-refractivity contribution in [2.45, 2.75) is 33.2 Å². The number of ether oxygens (including phenoxy) is 1. The van der Waals surface area contributed by atoms with Crippen LogP contribution >= 0.6 is 0 Å². The highest BCUT2D eigenvalue weighted by molar-refractivity contribution is 5.86. The lowest BCUT2D eigenvalue weighted by atomic mass is 10.0. The Balaban J connectivity index is 2.54. The predicted octanol–water partition coefficient (Wildman–Crippen LogP) is 3.49. The minimum atomic E-state index is -0.765. The van der Waals surface area contributed by atoms with E-state index in [4.69, 9.17) is 9.84 Å². The zero-order chi connectivity index (χ0) is 14.9. The maximum atomic E-state index is 11.1. The summed E-state index contributed by atoms with van der Waals surface area (Å²) in [4.78, 5) is 11.1. The van der Waals surface area contributed by atoms with Gasteiger partial charge < -0.3 is 14.4 Å². The average Bonchev–Trinajstić information content (AvgIpc) is 2.76. The van der Waals surface area contributed by atoms with Crippen LogP contribution in [0.1, 0.15) is 32.4 Å². The van der Waals surface area contributed by atoms with E-state index in [-0.39, 0.29) is 0 Å². The van der Waals surface area contributed by atoms with E-state index in [1.165, 1.54) is 0 Å². The molecule has 0 aliphatic heterocycles. The molecule has 1 aromatic carbocycles. The molecule has 0 saturated heterocycles. The highest BCUT2D eigenvalue weighted by Gasteiger charge is 2.17. The molecule has 1 aromatic heterocycles. The summed E-state index contributed by atoms with van der Waals surface area (Å²) in [5, 5.41) is 10.2. The van der Waals surface area contributed by atoms with Gasteiger partial charge in [-0.3, -0.25) is 4.79 Å². The van der Waals surface area contributed by atoms with E-state index < -0.39 is 11.9 Å². The van der Waals surface area contributed by atoms with Gasteiger partial charge in [-0.1, -0.05) is 6.92 Å². The van der Waals surface area contributed by atoms with Gasteiger partial charge >= 0.3 is 5.97 Å². The highest BCUT2D eigenvalue weighted by atomic mass is 16.5. The second-order valence-corrected chi connectivity index (χ2v) is 5.48. The molecular weight excluding hydrogens is 254 g/mol. The Morgan fingerprint density at radius 2 is 2.05 bits per heavy atom. The van der Waals surface area contributed by atoms with Gasteiger partial charge in [-0.15, -0.1) is 0 Å². The molecule has 108 valence electrons. The van der Waals surface area contributed by atoms with Gasteiger partial charge in [-0.25, -0.2) is 0 Å². The van der Waals surface area contributed by atoms with Gasteiger partial charge in [0.15, 0.2) is 0 Å². The van der Waals surface area contributed by atoms with Crippen molar-refractivity contribution in [3.05, 3.63) is 30.0 Å². The fourth-order valence-corrected chi connectivity index (χ4v) is 2.44. The number of hydrogen-bond donors (Lipinski definition) is 1. The number of benzene rings is 1. The zero-order valence-corrected chi connectivity index (χ0v) is 12.4. The number of fused-ring (bicyclic) bond motifs is 1. The third-order valence-electron chi connectivity index (χ3n) is 3.63. The molecule has 0 spiro atoms. The van der Waals surface area contributed by atoms with Crippen LogP contribution < -0.4 is 4.74 Å². The van der Waals surface area contributed by atoms with E-state index in [0.717, 1.165) is 22.2 Å². The van der Waals surface area contributed by atoms with E-state index in [1.807, 2.05) is 18.2 Å². The molecule has 0 amide bonds. The fraction of sp³-hybridized carbons (Fsp3) is 0.438. The SMILES string of the molecule is COc1ccc2c(c1)c(CC(C)C(=O)O)cn2C(C)C. The van der Waals surface area contributed by atoms with E-state index >= 15 is 0 Å². The molecule has 0 radical (unpaired) electrons. The molecule has 1 atom stereocenters. The number of carbonyl (C=O) groups is 1. The largest absolute Gasteiger partial charge is 0.497 e. The van der Waals surface area contributed by atoms with Crippen molar-refractivity contribution in [1.82, 2.24) is 4.57 Å². The average molecular weight is 275 g/mol. The van der Waals surface area contributed by atoms with E-state index in [0.29, 0.717) is 12.5 Å². The number of methoxy groups -OCH3 is 1.